The van der Waals surface area contributed by atoms with Gasteiger partial charge in [-0.15, -0.1) is 0 Å². The number of pyridine rings is 2. The number of ether oxygens (including phenoxy) is 1. The minimum atomic E-state index is -4.30. The minimum Gasteiger partial charge on any atom is -0.471 e. The van der Waals surface area contributed by atoms with Crippen LogP contribution in [0.2, 0.25) is 0 Å². The van der Waals surface area contributed by atoms with Crippen molar-refractivity contribution in [3.63, 3.8) is 0 Å². The maximum atomic E-state index is 13.0. The number of nitrogens with one attached hydrogen (secondary N) is 2. The molecule has 0 aliphatic carbocycles. The standard InChI is InChI=1S/C21H24F4N4O4/c1-11-5-13(9-27-17(11)33-10-21(24,25)18(22)23)8-26-16(30)14-6-12(2)28-15(7-14)29-19(31)20(3,4)32/h5-7,9,18,32H,8,10H2,1-4H3,(H,26,30)(H,28,29,31). The maximum absolute atomic E-state index is 13.0. The topological polar surface area (TPSA) is 113 Å². The Balaban J connectivity index is 2.03. The Morgan fingerprint density at radius 2 is 1.85 bits per heavy atom. The first-order chi connectivity index (χ1) is 15.2. The Morgan fingerprint density at radius 3 is 2.42 bits per heavy atom. The zero-order valence-electron chi connectivity index (χ0n) is 18.4. The predicted molar refractivity (Wildman–Crippen MR) is 110 cm³/mol. The average molecular weight is 472 g/mol. The summed E-state index contributed by atoms with van der Waals surface area (Å²) in [6.45, 7) is 4.25. The molecule has 0 bridgehead atoms. The third-order valence-corrected chi connectivity index (χ3v) is 4.27. The Kier molecular flexibility index (Phi) is 7.96. The number of alkyl halides is 4. The molecule has 2 heterocycles. The number of nitrogens with zero attached hydrogens (tertiary/aromatic N) is 2. The molecule has 0 unspecified atom stereocenters. The van der Waals surface area contributed by atoms with Gasteiger partial charge in [-0.1, -0.05) is 0 Å². The summed E-state index contributed by atoms with van der Waals surface area (Å²) in [7, 11) is 0. The first kappa shape index (κ1) is 26.0. The van der Waals surface area contributed by atoms with E-state index in [2.05, 4.69) is 20.6 Å². The highest BCUT2D eigenvalue weighted by Crippen LogP contribution is 2.25. The Hall–Kier alpha value is -3.28. The van der Waals surface area contributed by atoms with E-state index < -0.39 is 36.4 Å². The van der Waals surface area contributed by atoms with Crippen molar-refractivity contribution in [2.75, 3.05) is 11.9 Å². The quantitative estimate of drug-likeness (QED) is 0.484. The molecular formula is C21H24F4N4O4. The van der Waals surface area contributed by atoms with Gasteiger partial charge in [0, 0.05) is 29.6 Å². The van der Waals surface area contributed by atoms with Crippen molar-refractivity contribution < 1.29 is 37.0 Å². The molecule has 0 fully saturated rings. The summed E-state index contributed by atoms with van der Waals surface area (Å²) in [5.74, 6) is -5.61. The van der Waals surface area contributed by atoms with Gasteiger partial charge in [0.1, 0.15) is 11.4 Å². The van der Waals surface area contributed by atoms with E-state index in [0.29, 0.717) is 16.8 Å². The van der Waals surface area contributed by atoms with E-state index in [9.17, 15) is 32.3 Å². The zero-order valence-corrected chi connectivity index (χ0v) is 18.4. The summed E-state index contributed by atoms with van der Waals surface area (Å²) in [6, 6.07) is 4.35. The second-order valence-electron chi connectivity index (χ2n) is 7.89. The summed E-state index contributed by atoms with van der Waals surface area (Å²) < 4.78 is 55.2. The van der Waals surface area contributed by atoms with Crippen molar-refractivity contribution in [1.29, 1.82) is 0 Å². The van der Waals surface area contributed by atoms with Crippen LogP contribution >= 0.6 is 0 Å². The van der Waals surface area contributed by atoms with E-state index in [0.717, 1.165) is 0 Å². The molecule has 12 heteroatoms. The Bertz CT molecular complexity index is 1030. The van der Waals surface area contributed by atoms with Crippen LogP contribution in [0.15, 0.2) is 24.4 Å². The Labute approximate surface area is 187 Å². The van der Waals surface area contributed by atoms with E-state index in [4.69, 9.17) is 4.74 Å². The SMILES string of the molecule is Cc1cc(C(=O)NCc2cnc(OCC(F)(F)C(F)F)c(C)c2)cc(NC(=O)C(C)(C)O)n1. The molecular weight excluding hydrogens is 448 g/mol. The summed E-state index contributed by atoms with van der Waals surface area (Å²) in [6.07, 6.45) is -2.59. The number of aliphatic hydroxyl groups is 1. The fourth-order valence-corrected chi connectivity index (χ4v) is 2.51. The van der Waals surface area contributed by atoms with Crippen LogP contribution < -0.4 is 15.4 Å². The molecule has 33 heavy (non-hydrogen) atoms. The first-order valence-electron chi connectivity index (χ1n) is 9.74. The van der Waals surface area contributed by atoms with Crippen molar-refractivity contribution in [3.8, 4) is 5.88 Å². The van der Waals surface area contributed by atoms with Gasteiger partial charge in [0.2, 0.25) is 5.88 Å². The highest BCUT2D eigenvalue weighted by molar-refractivity contribution is 5.98. The number of amides is 2. The molecule has 180 valence electrons. The predicted octanol–water partition coefficient (Wildman–Crippen LogP) is 3.01. The highest BCUT2D eigenvalue weighted by atomic mass is 19.3. The van der Waals surface area contributed by atoms with E-state index in [1.807, 2.05) is 0 Å². The van der Waals surface area contributed by atoms with Crippen LogP contribution in [0, 0.1) is 13.8 Å². The van der Waals surface area contributed by atoms with Crippen LogP contribution in [0.25, 0.3) is 0 Å². The fourth-order valence-electron chi connectivity index (χ4n) is 2.51. The van der Waals surface area contributed by atoms with Gasteiger partial charge in [-0.2, -0.15) is 8.78 Å². The van der Waals surface area contributed by atoms with Gasteiger partial charge >= 0.3 is 12.3 Å². The number of halogens is 4. The normalized spacial score (nSPS) is 11.9. The molecule has 0 atom stereocenters. The van der Waals surface area contributed by atoms with E-state index >= 15 is 0 Å². The van der Waals surface area contributed by atoms with Crippen molar-refractivity contribution in [2.24, 2.45) is 0 Å². The van der Waals surface area contributed by atoms with E-state index in [1.54, 1.807) is 6.92 Å². The number of aryl methyl sites for hydroxylation is 2. The minimum absolute atomic E-state index is 0.0207. The number of anilines is 1. The lowest BCUT2D eigenvalue weighted by atomic mass is 10.1. The monoisotopic (exact) mass is 472 g/mol. The second kappa shape index (κ2) is 10.1. The van der Waals surface area contributed by atoms with Gasteiger partial charge in [-0.3, -0.25) is 9.59 Å². The largest absolute Gasteiger partial charge is 0.471 e. The van der Waals surface area contributed by atoms with Crippen molar-refractivity contribution >= 4 is 17.6 Å². The molecule has 3 N–H and O–H groups in total. The van der Waals surface area contributed by atoms with Gasteiger partial charge in [0.05, 0.1) is 0 Å². The number of carbonyl (C=O) groups excluding carboxylic acids is 2. The van der Waals surface area contributed by atoms with Crippen LogP contribution in [0.5, 0.6) is 5.88 Å². The molecule has 0 aliphatic heterocycles. The number of rotatable bonds is 9. The van der Waals surface area contributed by atoms with Crippen molar-refractivity contribution in [3.05, 3.63) is 46.8 Å². The molecule has 2 rings (SSSR count). The molecule has 0 spiro atoms. The van der Waals surface area contributed by atoms with Gasteiger partial charge < -0.3 is 20.5 Å². The molecule has 0 saturated heterocycles. The van der Waals surface area contributed by atoms with Crippen LogP contribution in [-0.4, -0.2) is 51.4 Å². The zero-order chi connectivity index (χ0) is 25.0. The van der Waals surface area contributed by atoms with Gasteiger partial charge in [0.15, 0.2) is 6.61 Å². The smallest absolute Gasteiger partial charge is 0.340 e. The van der Waals surface area contributed by atoms with E-state index in [1.165, 1.54) is 45.2 Å². The van der Waals surface area contributed by atoms with E-state index in [-0.39, 0.29) is 23.8 Å². The number of aromatic nitrogens is 2. The fraction of sp³-hybridized carbons (Fsp3) is 0.429. The molecule has 2 aromatic rings. The molecule has 0 saturated carbocycles. The summed E-state index contributed by atoms with van der Waals surface area (Å²) in [4.78, 5) is 32.4. The summed E-state index contributed by atoms with van der Waals surface area (Å²) in [5, 5.41) is 14.8. The molecule has 0 aromatic carbocycles. The Morgan fingerprint density at radius 1 is 1.18 bits per heavy atom. The van der Waals surface area contributed by atoms with Gasteiger partial charge in [-0.05, 0) is 51.5 Å². The third kappa shape index (κ3) is 7.38. The maximum Gasteiger partial charge on any atom is 0.340 e. The number of carbonyl (C=O) groups is 2. The highest BCUT2D eigenvalue weighted by Gasteiger charge is 2.42. The first-order valence-corrected chi connectivity index (χ1v) is 9.74. The van der Waals surface area contributed by atoms with Crippen molar-refractivity contribution in [1.82, 2.24) is 15.3 Å². The number of hydrogen-bond acceptors (Lipinski definition) is 6. The van der Waals surface area contributed by atoms with Crippen molar-refractivity contribution in [2.45, 2.75) is 52.2 Å². The van der Waals surface area contributed by atoms with Gasteiger partial charge in [0.25, 0.3) is 11.8 Å². The van der Waals surface area contributed by atoms with Crippen LogP contribution in [0.1, 0.15) is 41.0 Å². The lowest BCUT2D eigenvalue weighted by Gasteiger charge is -2.17. The van der Waals surface area contributed by atoms with Gasteiger partial charge in [-0.25, -0.2) is 18.7 Å². The molecule has 2 aromatic heterocycles. The summed E-state index contributed by atoms with van der Waals surface area (Å²) >= 11 is 0. The molecule has 0 radical (unpaired) electrons. The lowest BCUT2D eigenvalue weighted by Crippen LogP contribution is -2.37. The molecule has 8 nitrogen and oxygen atoms in total. The van der Waals surface area contributed by atoms with Crippen LogP contribution in [0.4, 0.5) is 23.4 Å². The molecule has 0 aliphatic rings. The van der Waals surface area contributed by atoms with Crippen LogP contribution in [-0.2, 0) is 11.3 Å². The lowest BCUT2D eigenvalue weighted by molar-refractivity contribution is -0.148. The average Bonchev–Trinajstić information content (AvgIpc) is 2.70. The van der Waals surface area contributed by atoms with Crippen LogP contribution in [0.3, 0.4) is 0 Å². The third-order valence-electron chi connectivity index (χ3n) is 4.27. The summed E-state index contributed by atoms with van der Waals surface area (Å²) in [5.41, 5.74) is -0.150. The second-order valence-corrected chi connectivity index (χ2v) is 7.89. The molecule has 2 amide bonds. The number of hydrogen-bond donors (Lipinski definition) is 3.